The van der Waals surface area contributed by atoms with E-state index in [0.717, 1.165) is 48.1 Å². The molecule has 1 fully saturated rings. The van der Waals surface area contributed by atoms with Crippen LogP contribution in [-0.4, -0.2) is 46.2 Å². The summed E-state index contributed by atoms with van der Waals surface area (Å²) in [6.07, 6.45) is 5.61. The van der Waals surface area contributed by atoms with Crippen LogP contribution >= 0.6 is 0 Å². The Morgan fingerprint density at radius 2 is 2.07 bits per heavy atom. The van der Waals surface area contributed by atoms with E-state index >= 15 is 0 Å². The molecule has 1 saturated heterocycles. The van der Waals surface area contributed by atoms with Gasteiger partial charge in [-0.3, -0.25) is 4.98 Å². The Kier molecular flexibility index (Phi) is 5.48. The molecular weight excluding hydrogens is 354 g/mol. The van der Waals surface area contributed by atoms with Crippen LogP contribution in [0.1, 0.15) is 31.5 Å². The molecule has 2 atom stereocenters. The normalized spacial score (nSPS) is 17.9. The second-order valence-electron chi connectivity index (χ2n) is 6.97. The van der Waals surface area contributed by atoms with Crippen LogP contribution < -0.4 is 20.7 Å². The highest BCUT2D eigenvalue weighted by Crippen LogP contribution is 2.27. The Morgan fingerprint density at radius 3 is 2.89 bits per heavy atom. The summed E-state index contributed by atoms with van der Waals surface area (Å²) in [5.41, 5.74) is 0.919. The van der Waals surface area contributed by atoms with Crippen molar-refractivity contribution in [3.8, 4) is 5.75 Å². The maximum Gasteiger partial charge on any atom is 0.227 e. The zero-order valence-corrected chi connectivity index (χ0v) is 16.1. The zero-order chi connectivity index (χ0) is 19.3. The third-order valence-electron chi connectivity index (χ3n) is 4.96. The molecule has 28 heavy (non-hydrogen) atoms. The number of rotatable bonds is 6. The number of piperidine rings is 1. The van der Waals surface area contributed by atoms with E-state index in [-0.39, 0.29) is 6.04 Å². The fourth-order valence-corrected chi connectivity index (χ4v) is 3.50. The fraction of sp³-hybridized carbons (Fsp3) is 0.400. The maximum atomic E-state index is 5.37. The number of hydrogen-bond donors (Lipinski definition) is 3. The van der Waals surface area contributed by atoms with Crippen LogP contribution in [0.3, 0.4) is 0 Å². The summed E-state index contributed by atoms with van der Waals surface area (Å²) in [5.74, 6) is 1.92. The highest BCUT2D eigenvalue weighted by molar-refractivity contribution is 5.86. The maximum absolute atomic E-state index is 5.37. The third kappa shape index (κ3) is 4.12. The molecule has 146 valence electrons. The molecule has 2 unspecified atom stereocenters. The van der Waals surface area contributed by atoms with E-state index < -0.39 is 0 Å². The van der Waals surface area contributed by atoms with Crippen LogP contribution in [0.25, 0.3) is 10.8 Å². The molecule has 3 N–H and O–H groups in total. The van der Waals surface area contributed by atoms with Crippen LogP contribution in [0.2, 0.25) is 0 Å². The van der Waals surface area contributed by atoms with Gasteiger partial charge in [-0.05, 0) is 49.9 Å². The topological polar surface area (TPSA) is 96.9 Å². The summed E-state index contributed by atoms with van der Waals surface area (Å²) < 4.78 is 5.37. The van der Waals surface area contributed by atoms with Crippen molar-refractivity contribution >= 4 is 22.7 Å². The van der Waals surface area contributed by atoms with Crippen molar-refractivity contribution in [2.24, 2.45) is 0 Å². The van der Waals surface area contributed by atoms with Gasteiger partial charge in [0.05, 0.1) is 18.8 Å². The lowest BCUT2D eigenvalue weighted by Gasteiger charge is -2.23. The molecule has 0 amide bonds. The largest absolute Gasteiger partial charge is 0.497 e. The predicted molar refractivity (Wildman–Crippen MR) is 110 cm³/mol. The van der Waals surface area contributed by atoms with Crippen molar-refractivity contribution in [1.29, 1.82) is 0 Å². The van der Waals surface area contributed by atoms with E-state index in [4.69, 9.17) is 4.74 Å². The van der Waals surface area contributed by atoms with Gasteiger partial charge in [-0.1, -0.05) is 6.07 Å². The molecule has 3 heterocycles. The second kappa shape index (κ2) is 8.35. The van der Waals surface area contributed by atoms with Gasteiger partial charge in [-0.2, -0.15) is 4.98 Å². The van der Waals surface area contributed by atoms with Gasteiger partial charge in [0.25, 0.3) is 0 Å². The van der Waals surface area contributed by atoms with Gasteiger partial charge in [0.2, 0.25) is 11.9 Å². The first-order valence-electron chi connectivity index (χ1n) is 9.58. The molecule has 3 aromatic rings. The monoisotopic (exact) mass is 379 g/mol. The Labute approximate surface area is 164 Å². The average Bonchev–Trinajstić information content (AvgIpc) is 2.74. The van der Waals surface area contributed by atoms with Crippen molar-refractivity contribution in [3.05, 3.63) is 42.5 Å². The van der Waals surface area contributed by atoms with Crippen molar-refractivity contribution in [2.45, 2.75) is 31.8 Å². The number of hydrogen-bond acceptors (Lipinski definition) is 8. The molecule has 1 aliphatic rings. The number of nitrogens with zero attached hydrogens (tertiary/aromatic N) is 4. The number of anilines is 2. The number of ether oxygens (including phenoxy) is 1. The Bertz CT molecular complexity index is 943. The lowest BCUT2D eigenvalue weighted by molar-refractivity contribution is 0.415. The molecule has 2 aromatic heterocycles. The number of aromatic nitrogens is 4. The molecule has 1 aliphatic heterocycles. The minimum Gasteiger partial charge on any atom is -0.497 e. The van der Waals surface area contributed by atoms with E-state index in [1.54, 1.807) is 7.11 Å². The highest BCUT2D eigenvalue weighted by Gasteiger charge is 2.16. The van der Waals surface area contributed by atoms with Crippen LogP contribution in [0, 0.1) is 0 Å². The second-order valence-corrected chi connectivity index (χ2v) is 6.97. The minimum absolute atomic E-state index is 0.0811. The molecule has 0 aliphatic carbocycles. The molecule has 0 bridgehead atoms. The van der Waals surface area contributed by atoms with Gasteiger partial charge in [0.15, 0.2) is 0 Å². The van der Waals surface area contributed by atoms with Crippen LogP contribution in [0.4, 0.5) is 11.9 Å². The molecule has 1 aromatic carbocycles. The van der Waals surface area contributed by atoms with Gasteiger partial charge in [-0.25, -0.2) is 9.97 Å². The number of methoxy groups -OCH3 is 1. The summed E-state index contributed by atoms with van der Waals surface area (Å²) in [6, 6.07) is 8.25. The summed E-state index contributed by atoms with van der Waals surface area (Å²) in [4.78, 5) is 17.6. The molecule has 0 radical (unpaired) electrons. The lowest BCUT2D eigenvalue weighted by Crippen LogP contribution is -2.38. The molecule has 0 spiro atoms. The van der Waals surface area contributed by atoms with Crippen molar-refractivity contribution < 1.29 is 4.74 Å². The predicted octanol–water partition coefficient (Wildman–Crippen LogP) is 2.77. The van der Waals surface area contributed by atoms with E-state index in [2.05, 4.69) is 35.9 Å². The SMILES string of the molecule is COc1ccc2ccnc(C(C)Nc3ncnc(NC4CCCNC4)n3)c2c1. The van der Waals surface area contributed by atoms with Crippen LogP contribution in [0.15, 0.2) is 36.8 Å². The third-order valence-corrected chi connectivity index (χ3v) is 4.96. The average molecular weight is 379 g/mol. The van der Waals surface area contributed by atoms with Gasteiger partial charge >= 0.3 is 0 Å². The molecule has 4 rings (SSSR count). The minimum atomic E-state index is -0.0811. The van der Waals surface area contributed by atoms with Gasteiger partial charge in [0.1, 0.15) is 12.1 Å². The first kappa shape index (κ1) is 18.4. The van der Waals surface area contributed by atoms with Crippen molar-refractivity contribution in [2.75, 3.05) is 30.8 Å². The molecule has 8 nitrogen and oxygen atoms in total. The summed E-state index contributed by atoms with van der Waals surface area (Å²) in [6.45, 7) is 4.04. The summed E-state index contributed by atoms with van der Waals surface area (Å²) >= 11 is 0. The van der Waals surface area contributed by atoms with Gasteiger partial charge in [-0.15, -0.1) is 0 Å². The zero-order valence-electron chi connectivity index (χ0n) is 16.1. The van der Waals surface area contributed by atoms with Gasteiger partial charge < -0.3 is 20.7 Å². The van der Waals surface area contributed by atoms with E-state index in [9.17, 15) is 0 Å². The van der Waals surface area contributed by atoms with E-state index in [0.29, 0.717) is 17.9 Å². The van der Waals surface area contributed by atoms with E-state index in [1.807, 2.05) is 37.4 Å². The van der Waals surface area contributed by atoms with Crippen molar-refractivity contribution in [1.82, 2.24) is 25.3 Å². The Morgan fingerprint density at radius 1 is 1.18 bits per heavy atom. The summed E-state index contributed by atoms with van der Waals surface area (Å²) in [7, 11) is 1.67. The standard InChI is InChI=1S/C20H25N7O/c1-13(18-17-10-16(28-2)6-5-14(17)7-9-22-18)25-19-23-12-24-20(27-19)26-15-4-3-8-21-11-15/h5-7,9-10,12-13,15,21H,3-4,8,11H2,1-2H3,(H2,23,24,25,26,27). The van der Waals surface area contributed by atoms with Crippen LogP contribution in [-0.2, 0) is 0 Å². The first-order chi connectivity index (χ1) is 13.7. The van der Waals surface area contributed by atoms with Crippen LogP contribution in [0.5, 0.6) is 5.75 Å². The Hall–Kier alpha value is -3.00. The number of fused-ring (bicyclic) bond motifs is 1. The number of pyridine rings is 1. The highest BCUT2D eigenvalue weighted by atomic mass is 16.5. The van der Waals surface area contributed by atoms with Crippen molar-refractivity contribution in [3.63, 3.8) is 0 Å². The number of nitrogens with one attached hydrogen (secondary N) is 3. The quantitative estimate of drug-likeness (QED) is 0.602. The lowest BCUT2D eigenvalue weighted by atomic mass is 10.1. The smallest absolute Gasteiger partial charge is 0.227 e. The first-order valence-corrected chi connectivity index (χ1v) is 9.58. The summed E-state index contributed by atoms with van der Waals surface area (Å²) in [5, 5.41) is 12.3. The van der Waals surface area contributed by atoms with E-state index in [1.165, 1.54) is 6.33 Å². The van der Waals surface area contributed by atoms with Gasteiger partial charge in [0, 0.05) is 24.2 Å². The fourth-order valence-electron chi connectivity index (χ4n) is 3.50. The molecular formula is C20H25N7O. The number of benzene rings is 1. The Balaban J connectivity index is 1.53. The molecule has 8 heteroatoms. The molecule has 0 saturated carbocycles.